The van der Waals surface area contributed by atoms with Gasteiger partial charge >= 0.3 is 0 Å². The molecule has 0 aromatic heterocycles. The average molecular weight is 238 g/mol. The van der Waals surface area contributed by atoms with Gasteiger partial charge in [0.1, 0.15) is 5.82 Å². The highest BCUT2D eigenvalue weighted by molar-refractivity contribution is 5.16. The lowest BCUT2D eigenvalue weighted by Gasteiger charge is -2.28. The standard InChI is InChI=1S/C14H23FN2/c1-11(2)7-14(9-16)17(3)10-12-5-4-6-13(15)8-12/h4-6,8,11,14H,7,9-10,16H2,1-3H3. The second kappa shape index (κ2) is 6.72. The molecule has 0 amide bonds. The quantitative estimate of drug-likeness (QED) is 0.825. The van der Waals surface area contributed by atoms with Crippen molar-refractivity contribution in [1.82, 2.24) is 4.90 Å². The molecule has 0 aliphatic heterocycles. The van der Waals surface area contributed by atoms with E-state index in [1.54, 1.807) is 12.1 Å². The minimum Gasteiger partial charge on any atom is -0.329 e. The maximum absolute atomic E-state index is 13.1. The number of hydrogen-bond acceptors (Lipinski definition) is 2. The number of rotatable bonds is 6. The highest BCUT2D eigenvalue weighted by Gasteiger charge is 2.14. The van der Waals surface area contributed by atoms with Gasteiger partial charge in [-0.1, -0.05) is 26.0 Å². The van der Waals surface area contributed by atoms with Crippen molar-refractivity contribution in [2.45, 2.75) is 32.9 Å². The molecule has 0 saturated carbocycles. The first-order chi connectivity index (χ1) is 8.02. The van der Waals surface area contributed by atoms with Crippen LogP contribution >= 0.6 is 0 Å². The third-order valence-electron chi connectivity index (χ3n) is 2.96. The lowest BCUT2D eigenvalue weighted by Crippen LogP contribution is -2.38. The van der Waals surface area contributed by atoms with Gasteiger partial charge in [-0.15, -0.1) is 0 Å². The van der Waals surface area contributed by atoms with Gasteiger partial charge in [-0.05, 0) is 37.1 Å². The van der Waals surface area contributed by atoms with Gasteiger partial charge in [0.05, 0.1) is 0 Å². The molecule has 0 bridgehead atoms. The number of benzene rings is 1. The van der Waals surface area contributed by atoms with E-state index < -0.39 is 0 Å². The topological polar surface area (TPSA) is 29.3 Å². The second-order valence-corrected chi connectivity index (χ2v) is 5.06. The summed E-state index contributed by atoms with van der Waals surface area (Å²) in [6, 6.07) is 7.11. The summed E-state index contributed by atoms with van der Waals surface area (Å²) in [5, 5.41) is 0. The molecule has 2 N–H and O–H groups in total. The van der Waals surface area contributed by atoms with E-state index in [4.69, 9.17) is 5.73 Å². The van der Waals surface area contributed by atoms with Crippen molar-refractivity contribution in [3.05, 3.63) is 35.6 Å². The Morgan fingerprint density at radius 2 is 2.06 bits per heavy atom. The zero-order chi connectivity index (χ0) is 12.8. The molecule has 17 heavy (non-hydrogen) atoms. The van der Waals surface area contributed by atoms with Gasteiger partial charge in [-0.2, -0.15) is 0 Å². The van der Waals surface area contributed by atoms with Crippen LogP contribution in [0.3, 0.4) is 0 Å². The molecular formula is C14H23FN2. The van der Waals surface area contributed by atoms with E-state index in [1.165, 1.54) is 6.07 Å². The van der Waals surface area contributed by atoms with E-state index in [-0.39, 0.29) is 5.82 Å². The van der Waals surface area contributed by atoms with Crippen LogP contribution in [0.15, 0.2) is 24.3 Å². The largest absolute Gasteiger partial charge is 0.329 e. The van der Waals surface area contributed by atoms with E-state index in [0.717, 1.165) is 18.5 Å². The van der Waals surface area contributed by atoms with Gasteiger partial charge < -0.3 is 5.73 Å². The van der Waals surface area contributed by atoms with E-state index in [2.05, 4.69) is 18.7 Å². The lowest BCUT2D eigenvalue weighted by atomic mass is 10.0. The number of likely N-dealkylation sites (N-methyl/N-ethyl adjacent to an activating group) is 1. The lowest BCUT2D eigenvalue weighted by molar-refractivity contribution is 0.210. The summed E-state index contributed by atoms with van der Waals surface area (Å²) < 4.78 is 13.1. The minimum absolute atomic E-state index is 0.177. The Hall–Kier alpha value is -0.930. The molecule has 3 heteroatoms. The van der Waals surface area contributed by atoms with Crippen LogP contribution in [0.2, 0.25) is 0 Å². The maximum atomic E-state index is 13.1. The van der Waals surface area contributed by atoms with E-state index in [9.17, 15) is 4.39 Å². The minimum atomic E-state index is -0.177. The van der Waals surface area contributed by atoms with Crippen LogP contribution in [0.1, 0.15) is 25.8 Å². The number of nitrogens with two attached hydrogens (primary N) is 1. The van der Waals surface area contributed by atoms with Crippen LogP contribution in [-0.4, -0.2) is 24.5 Å². The summed E-state index contributed by atoms with van der Waals surface area (Å²) >= 11 is 0. The molecule has 1 rings (SSSR count). The van der Waals surface area contributed by atoms with Crippen molar-refractivity contribution >= 4 is 0 Å². The number of halogens is 1. The number of hydrogen-bond donors (Lipinski definition) is 1. The van der Waals surface area contributed by atoms with Gasteiger partial charge in [-0.25, -0.2) is 4.39 Å². The Morgan fingerprint density at radius 1 is 1.35 bits per heavy atom. The Balaban J connectivity index is 2.60. The van der Waals surface area contributed by atoms with Crippen molar-refractivity contribution in [2.75, 3.05) is 13.6 Å². The van der Waals surface area contributed by atoms with Crippen LogP contribution < -0.4 is 5.73 Å². The van der Waals surface area contributed by atoms with Crippen molar-refractivity contribution in [3.63, 3.8) is 0 Å². The fourth-order valence-corrected chi connectivity index (χ4v) is 2.05. The fourth-order valence-electron chi connectivity index (χ4n) is 2.05. The molecule has 0 radical (unpaired) electrons. The summed E-state index contributed by atoms with van der Waals surface area (Å²) in [5.41, 5.74) is 6.78. The van der Waals surface area contributed by atoms with Crippen molar-refractivity contribution in [3.8, 4) is 0 Å². The number of nitrogens with zero attached hydrogens (tertiary/aromatic N) is 1. The third-order valence-corrected chi connectivity index (χ3v) is 2.96. The SMILES string of the molecule is CC(C)CC(CN)N(C)Cc1cccc(F)c1. The highest BCUT2D eigenvalue weighted by atomic mass is 19.1. The maximum Gasteiger partial charge on any atom is 0.123 e. The van der Waals surface area contributed by atoms with E-state index >= 15 is 0 Å². The molecule has 0 heterocycles. The molecule has 0 saturated heterocycles. The normalized spacial score (nSPS) is 13.4. The smallest absolute Gasteiger partial charge is 0.123 e. The summed E-state index contributed by atoms with van der Waals surface area (Å²) in [4.78, 5) is 2.20. The monoisotopic (exact) mass is 238 g/mol. The molecule has 0 aliphatic carbocycles. The Bertz CT molecular complexity index is 339. The molecule has 2 nitrogen and oxygen atoms in total. The van der Waals surface area contributed by atoms with Gasteiger partial charge in [0.15, 0.2) is 0 Å². The van der Waals surface area contributed by atoms with Crippen molar-refractivity contribution in [1.29, 1.82) is 0 Å². The van der Waals surface area contributed by atoms with Gasteiger partial charge in [0.25, 0.3) is 0 Å². The van der Waals surface area contributed by atoms with Crippen LogP contribution in [0.4, 0.5) is 4.39 Å². The first-order valence-corrected chi connectivity index (χ1v) is 6.17. The van der Waals surface area contributed by atoms with Gasteiger partial charge in [-0.3, -0.25) is 4.90 Å². The van der Waals surface area contributed by atoms with Crippen LogP contribution in [0.5, 0.6) is 0 Å². The summed E-state index contributed by atoms with van der Waals surface area (Å²) in [7, 11) is 2.05. The van der Waals surface area contributed by atoms with Crippen LogP contribution in [-0.2, 0) is 6.54 Å². The average Bonchev–Trinajstić information content (AvgIpc) is 2.25. The molecule has 1 atom stereocenters. The second-order valence-electron chi connectivity index (χ2n) is 5.06. The molecule has 1 aromatic carbocycles. The van der Waals surface area contributed by atoms with Crippen LogP contribution in [0, 0.1) is 11.7 Å². The third kappa shape index (κ3) is 4.84. The highest BCUT2D eigenvalue weighted by Crippen LogP contribution is 2.13. The van der Waals surface area contributed by atoms with Crippen LogP contribution in [0.25, 0.3) is 0 Å². The predicted molar refractivity (Wildman–Crippen MR) is 70.2 cm³/mol. The Kier molecular flexibility index (Phi) is 5.59. The molecule has 1 unspecified atom stereocenters. The Labute approximate surface area is 104 Å². The molecule has 96 valence electrons. The summed E-state index contributed by atoms with van der Waals surface area (Å²) in [5.74, 6) is 0.447. The molecular weight excluding hydrogens is 215 g/mol. The molecule has 0 fully saturated rings. The van der Waals surface area contributed by atoms with E-state index in [1.807, 2.05) is 13.1 Å². The fraction of sp³-hybridized carbons (Fsp3) is 0.571. The summed E-state index contributed by atoms with van der Waals surface area (Å²) in [6.07, 6.45) is 1.07. The predicted octanol–water partition coefficient (Wildman–Crippen LogP) is 2.63. The van der Waals surface area contributed by atoms with Gasteiger partial charge in [0.2, 0.25) is 0 Å². The van der Waals surface area contributed by atoms with Crippen molar-refractivity contribution in [2.24, 2.45) is 11.7 Å². The molecule has 0 aliphatic rings. The first kappa shape index (κ1) is 14.1. The molecule has 0 spiro atoms. The summed E-state index contributed by atoms with van der Waals surface area (Å²) in [6.45, 7) is 5.77. The Morgan fingerprint density at radius 3 is 2.59 bits per heavy atom. The van der Waals surface area contributed by atoms with Gasteiger partial charge in [0, 0.05) is 19.1 Å². The van der Waals surface area contributed by atoms with Crippen molar-refractivity contribution < 1.29 is 4.39 Å². The first-order valence-electron chi connectivity index (χ1n) is 6.17. The zero-order valence-corrected chi connectivity index (χ0v) is 11.0. The zero-order valence-electron chi connectivity index (χ0n) is 11.0. The van der Waals surface area contributed by atoms with E-state index in [0.29, 0.717) is 18.5 Å². The molecule has 1 aromatic rings.